The fourth-order valence-electron chi connectivity index (χ4n) is 2.35. The van der Waals surface area contributed by atoms with Gasteiger partial charge >= 0.3 is 0 Å². The predicted molar refractivity (Wildman–Crippen MR) is 101 cm³/mol. The standard InChI is InChI=1S/C19H23ClN2O3/c1-24-17-8-7-16(13-18(17)25-2)21-12-10-19(23)22-11-9-14-3-5-15(20)6-4-14/h3-8,13,21H,9-12H2,1-2H3,(H,22,23). The maximum absolute atomic E-state index is 11.9. The number of nitrogens with one attached hydrogen (secondary N) is 2. The molecule has 0 saturated heterocycles. The lowest BCUT2D eigenvalue weighted by molar-refractivity contribution is -0.120. The zero-order valence-corrected chi connectivity index (χ0v) is 15.2. The van der Waals surface area contributed by atoms with Gasteiger partial charge in [-0.3, -0.25) is 4.79 Å². The normalized spacial score (nSPS) is 10.2. The Bertz CT molecular complexity index is 690. The summed E-state index contributed by atoms with van der Waals surface area (Å²) in [6.07, 6.45) is 1.18. The highest BCUT2D eigenvalue weighted by molar-refractivity contribution is 6.30. The molecule has 0 spiro atoms. The SMILES string of the molecule is COc1ccc(NCCC(=O)NCCc2ccc(Cl)cc2)cc1OC. The third-order valence-corrected chi connectivity index (χ3v) is 3.97. The Balaban J connectivity index is 1.69. The van der Waals surface area contributed by atoms with Gasteiger partial charge in [0, 0.05) is 36.3 Å². The number of hydrogen-bond acceptors (Lipinski definition) is 4. The molecule has 25 heavy (non-hydrogen) atoms. The van der Waals surface area contributed by atoms with E-state index in [2.05, 4.69) is 10.6 Å². The number of rotatable bonds is 9. The van der Waals surface area contributed by atoms with Crippen LogP contribution in [0.25, 0.3) is 0 Å². The molecule has 0 aliphatic heterocycles. The van der Waals surface area contributed by atoms with Crippen LogP contribution < -0.4 is 20.1 Å². The minimum Gasteiger partial charge on any atom is -0.493 e. The first-order valence-corrected chi connectivity index (χ1v) is 8.47. The van der Waals surface area contributed by atoms with Crippen LogP contribution in [0.5, 0.6) is 11.5 Å². The van der Waals surface area contributed by atoms with Crippen molar-refractivity contribution in [3.63, 3.8) is 0 Å². The first-order valence-electron chi connectivity index (χ1n) is 8.09. The molecule has 0 atom stereocenters. The van der Waals surface area contributed by atoms with Gasteiger partial charge in [0.15, 0.2) is 11.5 Å². The molecule has 0 aliphatic carbocycles. The maximum atomic E-state index is 11.9. The van der Waals surface area contributed by atoms with Gasteiger partial charge in [-0.15, -0.1) is 0 Å². The van der Waals surface area contributed by atoms with Crippen molar-refractivity contribution in [1.82, 2.24) is 5.32 Å². The molecule has 0 heterocycles. The summed E-state index contributed by atoms with van der Waals surface area (Å²) in [4.78, 5) is 11.9. The second kappa shape index (κ2) is 9.79. The Hall–Kier alpha value is -2.40. The molecule has 0 fully saturated rings. The van der Waals surface area contributed by atoms with Gasteiger partial charge in [-0.25, -0.2) is 0 Å². The molecule has 0 bridgehead atoms. The molecule has 2 aromatic carbocycles. The summed E-state index contributed by atoms with van der Waals surface area (Å²) in [6, 6.07) is 13.2. The van der Waals surface area contributed by atoms with Crippen LogP contribution in [-0.2, 0) is 11.2 Å². The van der Waals surface area contributed by atoms with E-state index in [1.807, 2.05) is 42.5 Å². The number of carbonyl (C=O) groups is 1. The zero-order valence-electron chi connectivity index (χ0n) is 14.5. The molecule has 134 valence electrons. The van der Waals surface area contributed by atoms with Crippen LogP contribution in [0.1, 0.15) is 12.0 Å². The molecular formula is C19H23ClN2O3. The van der Waals surface area contributed by atoms with Crippen molar-refractivity contribution >= 4 is 23.2 Å². The van der Waals surface area contributed by atoms with Gasteiger partial charge in [-0.05, 0) is 36.2 Å². The summed E-state index contributed by atoms with van der Waals surface area (Å²) in [6.45, 7) is 1.15. The summed E-state index contributed by atoms with van der Waals surface area (Å²) in [5.74, 6) is 1.34. The number of halogens is 1. The summed E-state index contributed by atoms with van der Waals surface area (Å²) in [7, 11) is 3.19. The van der Waals surface area contributed by atoms with Crippen LogP contribution in [0, 0.1) is 0 Å². The first kappa shape index (κ1) is 18.9. The van der Waals surface area contributed by atoms with Crippen LogP contribution in [0.3, 0.4) is 0 Å². The highest BCUT2D eigenvalue weighted by Gasteiger charge is 2.05. The average Bonchev–Trinajstić information content (AvgIpc) is 2.63. The largest absolute Gasteiger partial charge is 0.493 e. The molecule has 5 nitrogen and oxygen atoms in total. The van der Waals surface area contributed by atoms with Gasteiger partial charge in [-0.2, -0.15) is 0 Å². The van der Waals surface area contributed by atoms with Gasteiger partial charge in [-0.1, -0.05) is 23.7 Å². The van der Waals surface area contributed by atoms with Crippen LogP contribution in [0.15, 0.2) is 42.5 Å². The van der Waals surface area contributed by atoms with E-state index in [-0.39, 0.29) is 5.91 Å². The molecule has 0 unspecified atom stereocenters. The molecule has 0 aromatic heterocycles. The molecule has 0 aliphatic rings. The van der Waals surface area contributed by atoms with E-state index in [0.717, 1.165) is 17.7 Å². The van der Waals surface area contributed by atoms with Gasteiger partial charge < -0.3 is 20.1 Å². The highest BCUT2D eigenvalue weighted by atomic mass is 35.5. The molecule has 2 rings (SSSR count). The third-order valence-electron chi connectivity index (χ3n) is 3.71. The molecule has 0 radical (unpaired) electrons. The zero-order chi connectivity index (χ0) is 18.1. The fourth-order valence-corrected chi connectivity index (χ4v) is 2.48. The van der Waals surface area contributed by atoms with Crippen LogP contribution in [0.4, 0.5) is 5.69 Å². The van der Waals surface area contributed by atoms with E-state index in [0.29, 0.717) is 36.0 Å². The Morgan fingerprint density at radius 3 is 2.40 bits per heavy atom. The maximum Gasteiger partial charge on any atom is 0.221 e. The second-order valence-corrected chi connectivity index (χ2v) is 5.91. The molecular weight excluding hydrogens is 340 g/mol. The molecule has 6 heteroatoms. The summed E-state index contributed by atoms with van der Waals surface area (Å²) < 4.78 is 10.5. The number of anilines is 1. The number of benzene rings is 2. The number of amides is 1. The minimum atomic E-state index is 0.0157. The smallest absolute Gasteiger partial charge is 0.221 e. The Morgan fingerprint density at radius 1 is 1.00 bits per heavy atom. The van der Waals surface area contributed by atoms with Crippen molar-refractivity contribution in [2.45, 2.75) is 12.8 Å². The quantitative estimate of drug-likeness (QED) is 0.716. The summed E-state index contributed by atoms with van der Waals surface area (Å²) in [5, 5.41) is 6.84. The molecule has 2 aromatic rings. The second-order valence-electron chi connectivity index (χ2n) is 5.47. The predicted octanol–water partition coefficient (Wildman–Crippen LogP) is 3.52. The van der Waals surface area contributed by atoms with Crippen LogP contribution in [0.2, 0.25) is 5.02 Å². The Labute approximate surface area is 153 Å². The number of carbonyl (C=O) groups excluding carboxylic acids is 1. The van der Waals surface area contributed by atoms with Gasteiger partial charge in [0.2, 0.25) is 5.91 Å². The van der Waals surface area contributed by atoms with Crippen molar-refractivity contribution in [1.29, 1.82) is 0 Å². The van der Waals surface area contributed by atoms with E-state index in [9.17, 15) is 4.79 Å². The lowest BCUT2D eigenvalue weighted by Gasteiger charge is -2.11. The molecule has 0 saturated carbocycles. The third kappa shape index (κ3) is 6.19. The lowest BCUT2D eigenvalue weighted by Crippen LogP contribution is -2.27. The minimum absolute atomic E-state index is 0.0157. The van der Waals surface area contributed by atoms with Crippen LogP contribution in [-0.4, -0.2) is 33.2 Å². The fraction of sp³-hybridized carbons (Fsp3) is 0.316. The lowest BCUT2D eigenvalue weighted by atomic mass is 10.1. The van der Waals surface area contributed by atoms with Gasteiger partial charge in [0.1, 0.15) is 0 Å². The van der Waals surface area contributed by atoms with E-state index in [1.165, 1.54) is 0 Å². The monoisotopic (exact) mass is 362 g/mol. The van der Waals surface area contributed by atoms with Crippen molar-refractivity contribution < 1.29 is 14.3 Å². The van der Waals surface area contributed by atoms with Gasteiger partial charge in [0.05, 0.1) is 14.2 Å². The van der Waals surface area contributed by atoms with Crippen molar-refractivity contribution in [2.24, 2.45) is 0 Å². The van der Waals surface area contributed by atoms with Crippen molar-refractivity contribution in [3.8, 4) is 11.5 Å². The molecule has 1 amide bonds. The topological polar surface area (TPSA) is 59.6 Å². The van der Waals surface area contributed by atoms with E-state index >= 15 is 0 Å². The average molecular weight is 363 g/mol. The first-order chi connectivity index (χ1) is 12.1. The van der Waals surface area contributed by atoms with Crippen LogP contribution >= 0.6 is 11.6 Å². The Morgan fingerprint density at radius 2 is 1.72 bits per heavy atom. The summed E-state index contributed by atoms with van der Waals surface area (Å²) in [5.41, 5.74) is 2.03. The number of ether oxygens (including phenoxy) is 2. The number of methoxy groups -OCH3 is 2. The number of hydrogen-bond donors (Lipinski definition) is 2. The highest BCUT2D eigenvalue weighted by Crippen LogP contribution is 2.29. The summed E-state index contributed by atoms with van der Waals surface area (Å²) >= 11 is 5.85. The van der Waals surface area contributed by atoms with E-state index in [1.54, 1.807) is 14.2 Å². The van der Waals surface area contributed by atoms with E-state index in [4.69, 9.17) is 21.1 Å². The van der Waals surface area contributed by atoms with Crippen molar-refractivity contribution in [3.05, 3.63) is 53.1 Å². The Kier molecular flexibility index (Phi) is 7.41. The van der Waals surface area contributed by atoms with Gasteiger partial charge in [0.25, 0.3) is 0 Å². The van der Waals surface area contributed by atoms with Crippen molar-refractivity contribution in [2.75, 3.05) is 32.6 Å². The van der Waals surface area contributed by atoms with E-state index < -0.39 is 0 Å². The molecule has 2 N–H and O–H groups in total.